The van der Waals surface area contributed by atoms with Gasteiger partial charge in [-0.2, -0.15) is 0 Å². The lowest BCUT2D eigenvalue weighted by atomic mass is 10.2. The van der Waals surface area contributed by atoms with Crippen LogP contribution in [0.15, 0.2) is 27.8 Å². The van der Waals surface area contributed by atoms with Crippen molar-refractivity contribution in [3.8, 4) is 0 Å². The first kappa shape index (κ1) is 24.5. The molecular weight excluding hydrogens is 473 g/mol. The zero-order valence-corrected chi connectivity index (χ0v) is 19.7. The van der Waals surface area contributed by atoms with Crippen LogP contribution in [0.3, 0.4) is 0 Å². The Morgan fingerprint density at radius 1 is 1.25 bits per heavy atom. The fraction of sp³-hybridized carbons (Fsp3) is 0.684. The first-order valence-corrected chi connectivity index (χ1v) is 9.54. The van der Waals surface area contributed by atoms with Gasteiger partial charge >= 0.3 is 6.09 Å². The van der Waals surface area contributed by atoms with Gasteiger partial charge in [-0.25, -0.2) is 4.79 Å². The number of guanidine groups is 1. The summed E-state index contributed by atoms with van der Waals surface area (Å²) in [6.45, 7) is 11.3. The van der Waals surface area contributed by atoms with Crippen molar-refractivity contribution in [3.63, 3.8) is 0 Å². The van der Waals surface area contributed by atoms with E-state index in [9.17, 15) is 4.79 Å². The van der Waals surface area contributed by atoms with Crippen molar-refractivity contribution in [1.82, 2.24) is 20.4 Å². The average Bonchev–Trinajstić information content (AvgIpc) is 3.13. The summed E-state index contributed by atoms with van der Waals surface area (Å²) in [5.41, 5.74) is -0.441. The fourth-order valence-corrected chi connectivity index (χ4v) is 2.79. The van der Waals surface area contributed by atoms with Crippen LogP contribution in [-0.2, 0) is 11.3 Å². The van der Waals surface area contributed by atoms with Crippen molar-refractivity contribution in [2.24, 2.45) is 4.99 Å². The van der Waals surface area contributed by atoms with Gasteiger partial charge in [-0.1, -0.05) is 0 Å². The van der Waals surface area contributed by atoms with Crippen molar-refractivity contribution in [2.45, 2.75) is 39.3 Å². The van der Waals surface area contributed by atoms with E-state index in [2.05, 4.69) is 20.5 Å². The van der Waals surface area contributed by atoms with E-state index in [-0.39, 0.29) is 30.1 Å². The van der Waals surface area contributed by atoms with Gasteiger partial charge in [0, 0.05) is 39.8 Å². The summed E-state index contributed by atoms with van der Waals surface area (Å²) in [6.07, 6.45) is 2.46. The second-order valence-electron chi connectivity index (χ2n) is 7.59. The first-order valence-electron chi connectivity index (χ1n) is 9.54. The minimum atomic E-state index is -0.441. The van der Waals surface area contributed by atoms with Crippen molar-refractivity contribution < 1.29 is 13.9 Å². The number of furan rings is 1. The quantitative estimate of drug-likeness (QED) is 0.267. The monoisotopic (exact) mass is 507 g/mol. The maximum atomic E-state index is 12.1. The third-order valence-electron chi connectivity index (χ3n) is 4.20. The number of aliphatic imine (C=N–C) groups is 1. The van der Waals surface area contributed by atoms with Crippen molar-refractivity contribution in [2.75, 3.05) is 46.3 Å². The van der Waals surface area contributed by atoms with Gasteiger partial charge in [0.2, 0.25) is 0 Å². The standard InChI is InChI=1S/C19H33N5O3.HI/c1-19(2,3)27-18(25)24-12-10-23(11-13-24)9-6-8-21-17(20-4)22-15-16-7-5-14-26-16;/h5,7,14H,6,8-13,15H2,1-4H3,(H2,20,21,22);1H. The van der Waals surface area contributed by atoms with Gasteiger partial charge in [-0.05, 0) is 45.9 Å². The molecule has 1 aliphatic rings. The summed E-state index contributed by atoms with van der Waals surface area (Å²) in [6, 6.07) is 3.80. The number of piperazine rings is 1. The van der Waals surface area contributed by atoms with Crippen molar-refractivity contribution in [3.05, 3.63) is 24.2 Å². The number of hydrogen-bond acceptors (Lipinski definition) is 5. The molecular formula is C19H34IN5O3. The normalized spacial score (nSPS) is 15.7. The molecule has 9 heteroatoms. The molecule has 0 aliphatic carbocycles. The first-order chi connectivity index (χ1) is 12.9. The predicted molar refractivity (Wildman–Crippen MR) is 121 cm³/mol. The predicted octanol–water partition coefficient (Wildman–Crippen LogP) is 2.51. The van der Waals surface area contributed by atoms with Crippen molar-refractivity contribution in [1.29, 1.82) is 0 Å². The number of hydrogen-bond donors (Lipinski definition) is 2. The second-order valence-corrected chi connectivity index (χ2v) is 7.59. The SMILES string of the molecule is CN=C(NCCCN1CCN(C(=O)OC(C)(C)C)CC1)NCc1ccco1.I. The maximum absolute atomic E-state index is 12.1. The molecule has 0 radical (unpaired) electrons. The molecule has 0 bridgehead atoms. The van der Waals surface area contributed by atoms with Gasteiger partial charge in [0.25, 0.3) is 0 Å². The summed E-state index contributed by atoms with van der Waals surface area (Å²) in [5.74, 6) is 1.64. The number of amides is 1. The molecule has 1 aromatic rings. The topological polar surface area (TPSA) is 82.3 Å². The number of nitrogens with zero attached hydrogens (tertiary/aromatic N) is 3. The number of rotatable bonds is 6. The minimum absolute atomic E-state index is 0. The van der Waals surface area contributed by atoms with E-state index in [1.165, 1.54) is 0 Å². The molecule has 160 valence electrons. The molecule has 0 saturated carbocycles. The molecule has 2 N–H and O–H groups in total. The summed E-state index contributed by atoms with van der Waals surface area (Å²) >= 11 is 0. The van der Waals surface area contributed by atoms with Crippen LogP contribution < -0.4 is 10.6 Å². The van der Waals surface area contributed by atoms with Gasteiger partial charge in [0.15, 0.2) is 5.96 Å². The van der Waals surface area contributed by atoms with Crippen LogP contribution in [0.5, 0.6) is 0 Å². The zero-order chi connectivity index (χ0) is 19.7. The van der Waals surface area contributed by atoms with Crippen LogP contribution in [-0.4, -0.2) is 73.8 Å². The lowest BCUT2D eigenvalue weighted by molar-refractivity contribution is 0.0145. The van der Waals surface area contributed by atoms with Crippen LogP contribution >= 0.6 is 24.0 Å². The molecule has 28 heavy (non-hydrogen) atoms. The Morgan fingerprint density at radius 2 is 1.96 bits per heavy atom. The number of ether oxygens (including phenoxy) is 1. The minimum Gasteiger partial charge on any atom is -0.467 e. The second kappa shape index (κ2) is 12.2. The molecule has 2 rings (SSSR count). The molecule has 0 atom stereocenters. The average molecular weight is 507 g/mol. The van der Waals surface area contributed by atoms with E-state index in [0.717, 1.165) is 44.3 Å². The van der Waals surface area contributed by atoms with Gasteiger partial charge in [0.05, 0.1) is 12.8 Å². The number of carbonyl (C=O) groups is 1. The molecule has 8 nitrogen and oxygen atoms in total. The largest absolute Gasteiger partial charge is 0.467 e. The summed E-state index contributed by atoms with van der Waals surface area (Å²) in [4.78, 5) is 20.5. The Kier molecular flexibility index (Phi) is 10.7. The fourth-order valence-electron chi connectivity index (χ4n) is 2.79. The third-order valence-corrected chi connectivity index (χ3v) is 4.20. The van der Waals surface area contributed by atoms with Gasteiger partial charge < -0.3 is 24.7 Å². The van der Waals surface area contributed by atoms with Crippen LogP contribution in [0.25, 0.3) is 0 Å². The van der Waals surface area contributed by atoms with Gasteiger partial charge in [0.1, 0.15) is 11.4 Å². The van der Waals surface area contributed by atoms with E-state index in [4.69, 9.17) is 9.15 Å². The smallest absolute Gasteiger partial charge is 0.410 e. The Morgan fingerprint density at radius 3 is 2.54 bits per heavy atom. The van der Waals surface area contributed by atoms with E-state index < -0.39 is 5.60 Å². The number of nitrogens with one attached hydrogen (secondary N) is 2. The number of halogens is 1. The summed E-state index contributed by atoms with van der Waals surface area (Å²) < 4.78 is 10.7. The van der Waals surface area contributed by atoms with Crippen LogP contribution in [0, 0.1) is 0 Å². The molecule has 2 heterocycles. The highest BCUT2D eigenvalue weighted by atomic mass is 127. The summed E-state index contributed by atoms with van der Waals surface area (Å²) in [5, 5.41) is 6.53. The molecule has 1 aliphatic heterocycles. The maximum Gasteiger partial charge on any atom is 0.410 e. The molecule has 0 aromatic carbocycles. The highest BCUT2D eigenvalue weighted by Crippen LogP contribution is 2.11. The zero-order valence-electron chi connectivity index (χ0n) is 17.4. The molecule has 1 aromatic heterocycles. The molecule has 1 saturated heterocycles. The lowest BCUT2D eigenvalue weighted by Crippen LogP contribution is -2.50. The van der Waals surface area contributed by atoms with Crippen LogP contribution in [0.1, 0.15) is 33.0 Å². The van der Waals surface area contributed by atoms with E-state index in [0.29, 0.717) is 19.6 Å². The van der Waals surface area contributed by atoms with Crippen LogP contribution in [0.2, 0.25) is 0 Å². The molecule has 0 unspecified atom stereocenters. The summed E-state index contributed by atoms with van der Waals surface area (Å²) in [7, 11) is 1.76. The van der Waals surface area contributed by atoms with Crippen LogP contribution in [0.4, 0.5) is 4.79 Å². The number of carbonyl (C=O) groups excluding carboxylic acids is 1. The third kappa shape index (κ3) is 9.13. The highest BCUT2D eigenvalue weighted by molar-refractivity contribution is 14.0. The molecule has 0 spiro atoms. The van der Waals surface area contributed by atoms with Gasteiger partial charge in [-0.3, -0.25) is 9.89 Å². The van der Waals surface area contributed by atoms with Gasteiger partial charge in [-0.15, -0.1) is 24.0 Å². The molecule has 1 fully saturated rings. The Labute approximate surface area is 185 Å². The Hall–Kier alpha value is -1.49. The van der Waals surface area contributed by atoms with E-state index >= 15 is 0 Å². The lowest BCUT2D eigenvalue weighted by Gasteiger charge is -2.35. The van der Waals surface area contributed by atoms with E-state index in [1.54, 1.807) is 18.2 Å². The molecule has 1 amide bonds. The highest BCUT2D eigenvalue weighted by Gasteiger charge is 2.25. The Balaban J connectivity index is 0.00000392. The van der Waals surface area contributed by atoms with Crippen molar-refractivity contribution >= 4 is 36.0 Å². The van der Waals surface area contributed by atoms with E-state index in [1.807, 2.05) is 32.9 Å². The Bertz CT molecular complexity index is 593.